The Labute approximate surface area is 263 Å². The molecule has 0 spiro atoms. The van der Waals surface area contributed by atoms with Crippen LogP contribution in [0.3, 0.4) is 0 Å². The van der Waals surface area contributed by atoms with E-state index in [4.69, 9.17) is 9.97 Å². The van der Waals surface area contributed by atoms with Gasteiger partial charge in [-0.1, -0.05) is 123 Å². The molecule has 3 nitrogen and oxygen atoms in total. The molecule has 7 aromatic rings. The standard InChI is InChI=1S/C42H33N3/c1-26-24-29(42-43-37-18-10-11-19-38(37)45(42)30-13-4-3-5-14-30)21-22-32(26)39-35-23-20-28-12-6-7-16-33(28)40(35)44-41-34-17-9-8-15-31(34)27(2)25-36(39)41/h3-24,26-27,32H,25H2,1-2H3. The van der Waals surface area contributed by atoms with Crippen LogP contribution in [0.5, 0.6) is 0 Å². The van der Waals surface area contributed by atoms with Crippen molar-refractivity contribution in [2.75, 3.05) is 0 Å². The zero-order valence-corrected chi connectivity index (χ0v) is 25.5. The summed E-state index contributed by atoms with van der Waals surface area (Å²) in [5.41, 5.74) is 12.2. The van der Waals surface area contributed by atoms with Crippen molar-refractivity contribution in [1.29, 1.82) is 0 Å². The van der Waals surface area contributed by atoms with E-state index in [9.17, 15) is 0 Å². The van der Waals surface area contributed by atoms with Crippen LogP contribution in [0.25, 0.3) is 55.2 Å². The van der Waals surface area contributed by atoms with Gasteiger partial charge in [-0.3, -0.25) is 4.57 Å². The first kappa shape index (κ1) is 26.2. The van der Waals surface area contributed by atoms with Gasteiger partial charge in [0.25, 0.3) is 0 Å². The largest absolute Gasteiger partial charge is 0.292 e. The predicted molar refractivity (Wildman–Crippen MR) is 187 cm³/mol. The second-order valence-electron chi connectivity index (χ2n) is 12.7. The Morgan fingerprint density at radius 2 is 1.49 bits per heavy atom. The van der Waals surface area contributed by atoms with Crippen LogP contribution in [-0.2, 0) is 6.42 Å². The van der Waals surface area contributed by atoms with Gasteiger partial charge < -0.3 is 0 Å². The highest BCUT2D eigenvalue weighted by atomic mass is 15.1. The van der Waals surface area contributed by atoms with Crippen LogP contribution >= 0.6 is 0 Å². The molecule has 2 aliphatic rings. The lowest BCUT2D eigenvalue weighted by molar-refractivity contribution is 0.627. The molecule has 0 aliphatic heterocycles. The third kappa shape index (κ3) is 4.04. The lowest BCUT2D eigenvalue weighted by atomic mass is 9.73. The average molecular weight is 580 g/mol. The molecule has 0 bridgehead atoms. The first-order chi connectivity index (χ1) is 22.2. The molecular weight excluding hydrogens is 546 g/mol. The average Bonchev–Trinajstić information content (AvgIpc) is 3.48. The molecule has 216 valence electrons. The summed E-state index contributed by atoms with van der Waals surface area (Å²) in [6, 6.07) is 41.2. The van der Waals surface area contributed by atoms with Gasteiger partial charge in [0.05, 0.1) is 22.2 Å². The number of rotatable bonds is 3. The molecule has 3 heteroatoms. The Kier molecular flexibility index (Phi) is 5.89. The van der Waals surface area contributed by atoms with E-state index in [1.54, 1.807) is 0 Å². The summed E-state index contributed by atoms with van der Waals surface area (Å²) in [5, 5.41) is 3.72. The van der Waals surface area contributed by atoms with Gasteiger partial charge in [-0.05, 0) is 64.6 Å². The number of hydrogen-bond acceptors (Lipinski definition) is 2. The fourth-order valence-electron chi connectivity index (χ4n) is 7.82. The van der Waals surface area contributed by atoms with Crippen molar-refractivity contribution >= 4 is 38.3 Å². The summed E-state index contributed by atoms with van der Waals surface area (Å²) in [6.45, 7) is 4.73. The molecule has 2 heterocycles. The van der Waals surface area contributed by atoms with E-state index >= 15 is 0 Å². The topological polar surface area (TPSA) is 30.7 Å². The third-order valence-electron chi connectivity index (χ3n) is 9.94. The third-order valence-corrected chi connectivity index (χ3v) is 9.94. The first-order valence-electron chi connectivity index (χ1n) is 16.0. The number of hydrogen-bond donors (Lipinski definition) is 0. The molecular formula is C42H33N3. The number of pyridine rings is 1. The van der Waals surface area contributed by atoms with Crippen LogP contribution in [0, 0.1) is 5.92 Å². The molecule has 0 fully saturated rings. The van der Waals surface area contributed by atoms with Crippen LogP contribution in [-0.4, -0.2) is 14.5 Å². The van der Waals surface area contributed by atoms with Gasteiger partial charge in [-0.15, -0.1) is 0 Å². The SMILES string of the molecule is CC1Cc2c(nc3c(ccc4ccccc43)c2C2C=CC(c3nc4ccccc4n3-c3ccccc3)=CC2C)-c2ccccc21. The lowest BCUT2D eigenvalue weighted by Crippen LogP contribution is -2.18. The van der Waals surface area contributed by atoms with Crippen molar-refractivity contribution in [2.24, 2.45) is 5.92 Å². The van der Waals surface area contributed by atoms with Crippen molar-refractivity contribution in [3.8, 4) is 16.9 Å². The Bertz CT molecular complexity index is 2340. The highest BCUT2D eigenvalue weighted by molar-refractivity contribution is 6.08. The highest BCUT2D eigenvalue weighted by Gasteiger charge is 2.32. The van der Waals surface area contributed by atoms with Crippen molar-refractivity contribution in [3.05, 3.63) is 156 Å². The van der Waals surface area contributed by atoms with Crippen molar-refractivity contribution in [3.63, 3.8) is 0 Å². The molecule has 0 amide bonds. The van der Waals surface area contributed by atoms with E-state index in [-0.39, 0.29) is 11.8 Å². The number of benzene rings is 5. The summed E-state index contributed by atoms with van der Waals surface area (Å²) in [6.07, 6.45) is 8.18. The van der Waals surface area contributed by atoms with Gasteiger partial charge in [-0.2, -0.15) is 0 Å². The molecule has 0 N–H and O–H groups in total. The van der Waals surface area contributed by atoms with Gasteiger partial charge in [0.1, 0.15) is 5.82 Å². The fourth-order valence-corrected chi connectivity index (χ4v) is 7.82. The van der Waals surface area contributed by atoms with Crippen LogP contribution in [0.2, 0.25) is 0 Å². The van der Waals surface area contributed by atoms with Crippen LogP contribution in [0.4, 0.5) is 0 Å². The number of allylic oxidation sites excluding steroid dienone is 4. The Morgan fingerprint density at radius 1 is 0.711 bits per heavy atom. The van der Waals surface area contributed by atoms with Gasteiger partial charge in [0.2, 0.25) is 0 Å². The van der Waals surface area contributed by atoms with E-state index < -0.39 is 0 Å². The summed E-state index contributed by atoms with van der Waals surface area (Å²) >= 11 is 0. The van der Waals surface area contributed by atoms with Crippen molar-refractivity contribution < 1.29 is 0 Å². The predicted octanol–water partition coefficient (Wildman–Crippen LogP) is 10.4. The van der Waals surface area contributed by atoms with E-state index in [1.165, 1.54) is 38.4 Å². The Hall–Kier alpha value is -5.28. The zero-order valence-electron chi connectivity index (χ0n) is 25.5. The van der Waals surface area contributed by atoms with E-state index in [2.05, 4.69) is 152 Å². The number of imidazole rings is 1. The molecule has 9 rings (SSSR count). The Morgan fingerprint density at radius 3 is 2.38 bits per heavy atom. The van der Waals surface area contributed by atoms with Crippen molar-refractivity contribution in [2.45, 2.75) is 32.1 Å². The van der Waals surface area contributed by atoms with E-state index in [0.717, 1.165) is 45.7 Å². The summed E-state index contributed by atoms with van der Waals surface area (Å²) < 4.78 is 2.30. The quantitative estimate of drug-likeness (QED) is 0.195. The summed E-state index contributed by atoms with van der Waals surface area (Å²) in [7, 11) is 0. The van der Waals surface area contributed by atoms with E-state index in [1.807, 2.05) is 0 Å². The van der Waals surface area contributed by atoms with Gasteiger partial charge >= 0.3 is 0 Å². The smallest absolute Gasteiger partial charge is 0.145 e. The van der Waals surface area contributed by atoms with Crippen LogP contribution < -0.4 is 0 Å². The molecule has 3 unspecified atom stereocenters. The molecule has 0 saturated heterocycles. The molecule has 5 aromatic carbocycles. The maximum Gasteiger partial charge on any atom is 0.145 e. The van der Waals surface area contributed by atoms with Crippen LogP contribution in [0.1, 0.15) is 48.2 Å². The lowest BCUT2D eigenvalue weighted by Gasteiger charge is -2.32. The summed E-state index contributed by atoms with van der Waals surface area (Å²) in [5.74, 6) is 1.91. The monoisotopic (exact) mass is 579 g/mol. The molecule has 2 aliphatic carbocycles. The van der Waals surface area contributed by atoms with Crippen molar-refractivity contribution in [1.82, 2.24) is 14.5 Å². The molecule has 2 aromatic heterocycles. The Balaban J connectivity index is 1.24. The minimum atomic E-state index is 0.223. The highest BCUT2D eigenvalue weighted by Crippen LogP contribution is 2.48. The van der Waals surface area contributed by atoms with Gasteiger partial charge in [0.15, 0.2) is 0 Å². The minimum absolute atomic E-state index is 0.223. The zero-order chi connectivity index (χ0) is 30.1. The molecule has 45 heavy (non-hydrogen) atoms. The number of para-hydroxylation sites is 3. The maximum absolute atomic E-state index is 5.48. The second-order valence-corrected chi connectivity index (χ2v) is 12.7. The summed E-state index contributed by atoms with van der Waals surface area (Å²) in [4.78, 5) is 10.6. The maximum atomic E-state index is 5.48. The van der Waals surface area contributed by atoms with Gasteiger partial charge in [-0.25, -0.2) is 9.97 Å². The number of nitrogens with zero attached hydrogens (tertiary/aromatic N) is 3. The normalized spacial score (nSPS) is 19.1. The molecule has 3 atom stereocenters. The number of fused-ring (bicyclic) bond motifs is 7. The second kappa shape index (κ2) is 10.1. The first-order valence-corrected chi connectivity index (χ1v) is 16.0. The minimum Gasteiger partial charge on any atom is -0.292 e. The number of aromatic nitrogens is 3. The van der Waals surface area contributed by atoms with Crippen LogP contribution in [0.15, 0.2) is 133 Å². The molecule has 0 saturated carbocycles. The molecule has 0 radical (unpaired) electrons. The van der Waals surface area contributed by atoms with Gasteiger partial charge in [0, 0.05) is 33.5 Å². The fraction of sp³-hybridized carbons (Fsp3) is 0.143. The van der Waals surface area contributed by atoms with E-state index in [0.29, 0.717) is 5.92 Å².